The van der Waals surface area contributed by atoms with Gasteiger partial charge in [-0.3, -0.25) is 19.2 Å². The molecule has 0 saturated heterocycles. The monoisotopic (exact) mass is 463 g/mol. The van der Waals surface area contributed by atoms with Gasteiger partial charge in [0.1, 0.15) is 12.8 Å². The van der Waals surface area contributed by atoms with E-state index in [2.05, 4.69) is 21.3 Å². The standard InChI is InChI=1S/C21H29N5O7/c22-9-16(27)23-11-18(29)26-15(8-13-4-2-1-3-5-13)20(30)24-10-17(28)25-12-33-19(21(31)32)14-6-7-14/h1-5,14-15,19H,6-12,22H2,(H,23,27)(H,24,30)(H,25,28)(H,26,29)(H,31,32)/t15-,19?/m0/s1. The number of hydrogen-bond acceptors (Lipinski definition) is 7. The summed E-state index contributed by atoms with van der Waals surface area (Å²) in [6.45, 7) is -1.31. The van der Waals surface area contributed by atoms with Crippen molar-refractivity contribution >= 4 is 29.6 Å². The van der Waals surface area contributed by atoms with Crippen LogP contribution in [-0.4, -0.2) is 73.2 Å². The number of amides is 4. The lowest BCUT2D eigenvalue weighted by Gasteiger charge is -2.19. The molecule has 4 amide bonds. The number of benzene rings is 1. The normalized spacial score (nSPS) is 14.5. The minimum absolute atomic E-state index is 0.0453. The second-order valence-corrected chi connectivity index (χ2v) is 7.52. The van der Waals surface area contributed by atoms with Gasteiger partial charge in [0.25, 0.3) is 0 Å². The Kier molecular flexibility index (Phi) is 10.2. The minimum atomic E-state index is -1.08. The van der Waals surface area contributed by atoms with E-state index in [0.717, 1.165) is 18.4 Å². The highest BCUT2D eigenvalue weighted by Gasteiger charge is 2.37. The third kappa shape index (κ3) is 9.66. The van der Waals surface area contributed by atoms with Gasteiger partial charge >= 0.3 is 5.97 Å². The molecule has 0 spiro atoms. The van der Waals surface area contributed by atoms with Crippen LogP contribution in [0.3, 0.4) is 0 Å². The number of nitrogens with two attached hydrogens (primary N) is 1. The van der Waals surface area contributed by atoms with Crippen molar-refractivity contribution in [3.63, 3.8) is 0 Å². The van der Waals surface area contributed by atoms with Gasteiger partial charge in [-0.05, 0) is 24.3 Å². The highest BCUT2D eigenvalue weighted by Crippen LogP contribution is 2.34. The molecule has 12 nitrogen and oxygen atoms in total. The van der Waals surface area contributed by atoms with E-state index in [1.165, 1.54) is 0 Å². The van der Waals surface area contributed by atoms with Gasteiger partial charge in [-0.1, -0.05) is 30.3 Å². The molecule has 180 valence electrons. The molecule has 1 unspecified atom stereocenters. The average Bonchev–Trinajstić information content (AvgIpc) is 3.63. The van der Waals surface area contributed by atoms with Crippen LogP contribution in [0.2, 0.25) is 0 Å². The maximum Gasteiger partial charge on any atom is 0.333 e. The van der Waals surface area contributed by atoms with E-state index in [4.69, 9.17) is 15.6 Å². The molecule has 0 bridgehead atoms. The fourth-order valence-electron chi connectivity index (χ4n) is 2.93. The lowest BCUT2D eigenvalue weighted by Crippen LogP contribution is -2.52. The number of rotatable bonds is 14. The minimum Gasteiger partial charge on any atom is -0.479 e. The Labute approximate surface area is 190 Å². The molecule has 1 aromatic rings. The number of hydrogen-bond donors (Lipinski definition) is 6. The predicted molar refractivity (Wildman–Crippen MR) is 115 cm³/mol. The largest absolute Gasteiger partial charge is 0.479 e. The topological polar surface area (TPSA) is 189 Å². The molecule has 0 aliphatic heterocycles. The van der Waals surface area contributed by atoms with Crippen LogP contribution in [-0.2, 0) is 35.1 Å². The van der Waals surface area contributed by atoms with Crippen molar-refractivity contribution in [1.82, 2.24) is 21.3 Å². The molecule has 7 N–H and O–H groups in total. The molecule has 2 atom stereocenters. The van der Waals surface area contributed by atoms with Crippen molar-refractivity contribution in [2.75, 3.05) is 26.4 Å². The Morgan fingerprint density at radius 3 is 2.24 bits per heavy atom. The fourth-order valence-corrected chi connectivity index (χ4v) is 2.93. The molecule has 1 saturated carbocycles. The van der Waals surface area contributed by atoms with Gasteiger partial charge in [-0.25, -0.2) is 4.79 Å². The van der Waals surface area contributed by atoms with Crippen molar-refractivity contribution < 1.29 is 33.8 Å². The number of nitrogens with one attached hydrogen (secondary N) is 4. The summed E-state index contributed by atoms with van der Waals surface area (Å²) in [7, 11) is 0. The number of carbonyl (C=O) groups is 5. The Hall–Kier alpha value is -3.51. The van der Waals surface area contributed by atoms with Gasteiger partial charge in [0, 0.05) is 6.42 Å². The number of carboxylic acids is 1. The van der Waals surface area contributed by atoms with E-state index in [9.17, 15) is 24.0 Å². The summed E-state index contributed by atoms with van der Waals surface area (Å²) in [6.07, 6.45) is 0.733. The first-order chi connectivity index (χ1) is 15.8. The van der Waals surface area contributed by atoms with Crippen LogP contribution in [0.4, 0.5) is 0 Å². The molecule has 0 heterocycles. The summed E-state index contributed by atoms with van der Waals surface area (Å²) in [6, 6.07) is 7.95. The molecular formula is C21H29N5O7. The van der Waals surface area contributed by atoms with Crippen LogP contribution in [0.25, 0.3) is 0 Å². The molecular weight excluding hydrogens is 434 g/mol. The smallest absolute Gasteiger partial charge is 0.333 e. The SMILES string of the molecule is NCC(=O)NCC(=O)N[C@@H](Cc1ccccc1)C(=O)NCC(=O)NCOC(C(=O)O)C1CC1. The maximum absolute atomic E-state index is 12.6. The van der Waals surface area contributed by atoms with Crippen molar-refractivity contribution in [3.8, 4) is 0 Å². The van der Waals surface area contributed by atoms with Crippen LogP contribution in [0.5, 0.6) is 0 Å². The van der Waals surface area contributed by atoms with Crippen LogP contribution >= 0.6 is 0 Å². The second-order valence-electron chi connectivity index (χ2n) is 7.52. The van der Waals surface area contributed by atoms with Gasteiger partial charge in [0.05, 0.1) is 19.6 Å². The zero-order valence-corrected chi connectivity index (χ0v) is 18.0. The number of carbonyl (C=O) groups excluding carboxylic acids is 4. The van der Waals surface area contributed by atoms with E-state index in [1.807, 2.05) is 6.07 Å². The first-order valence-electron chi connectivity index (χ1n) is 10.5. The van der Waals surface area contributed by atoms with E-state index in [-0.39, 0.29) is 32.2 Å². The summed E-state index contributed by atoms with van der Waals surface area (Å²) in [5.74, 6) is -3.41. The third-order valence-electron chi connectivity index (χ3n) is 4.81. The first-order valence-corrected chi connectivity index (χ1v) is 10.5. The zero-order valence-electron chi connectivity index (χ0n) is 18.0. The van der Waals surface area contributed by atoms with E-state index in [0.29, 0.717) is 0 Å². The van der Waals surface area contributed by atoms with Crippen LogP contribution in [0, 0.1) is 5.92 Å². The third-order valence-corrected chi connectivity index (χ3v) is 4.81. The van der Waals surface area contributed by atoms with Crippen molar-refractivity contribution in [1.29, 1.82) is 0 Å². The zero-order chi connectivity index (χ0) is 24.2. The van der Waals surface area contributed by atoms with Crippen LogP contribution < -0.4 is 27.0 Å². The van der Waals surface area contributed by atoms with Gasteiger partial charge in [0.2, 0.25) is 23.6 Å². The molecule has 2 rings (SSSR count). The van der Waals surface area contributed by atoms with Crippen molar-refractivity contribution in [2.24, 2.45) is 11.7 Å². The van der Waals surface area contributed by atoms with E-state index < -0.39 is 48.3 Å². The Morgan fingerprint density at radius 1 is 0.970 bits per heavy atom. The molecule has 12 heteroatoms. The van der Waals surface area contributed by atoms with Crippen molar-refractivity contribution in [3.05, 3.63) is 35.9 Å². The molecule has 1 aliphatic carbocycles. The maximum atomic E-state index is 12.6. The molecule has 1 fully saturated rings. The molecule has 33 heavy (non-hydrogen) atoms. The molecule has 0 radical (unpaired) electrons. The van der Waals surface area contributed by atoms with E-state index in [1.54, 1.807) is 24.3 Å². The first kappa shape index (κ1) is 25.7. The van der Waals surface area contributed by atoms with Crippen molar-refractivity contribution in [2.45, 2.75) is 31.4 Å². The van der Waals surface area contributed by atoms with E-state index >= 15 is 0 Å². The van der Waals surface area contributed by atoms with Gasteiger partial charge in [-0.2, -0.15) is 0 Å². The summed E-state index contributed by atoms with van der Waals surface area (Å²) >= 11 is 0. The summed E-state index contributed by atoms with van der Waals surface area (Å²) in [5, 5.41) is 18.8. The predicted octanol–water partition coefficient (Wildman–Crippen LogP) is -2.14. The lowest BCUT2D eigenvalue weighted by atomic mass is 10.1. The lowest BCUT2D eigenvalue weighted by molar-refractivity contribution is -0.153. The highest BCUT2D eigenvalue weighted by atomic mass is 16.5. The Morgan fingerprint density at radius 2 is 1.64 bits per heavy atom. The van der Waals surface area contributed by atoms with Gasteiger partial charge < -0.3 is 36.8 Å². The molecule has 1 aromatic carbocycles. The summed E-state index contributed by atoms with van der Waals surface area (Å²) in [5.41, 5.74) is 5.96. The fraction of sp³-hybridized carbons (Fsp3) is 0.476. The summed E-state index contributed by atoms with van der Waals surface area (Å²) in [4.78, 5) is 59.1. The molecule has 1 aliphatic rings. The Bertz CT molecular complexity index is 845. The van der Waals surface area contributed by atoms with Gasteiger partial charge in [0.15, 0.2) is 6.10 Å². The van der Waals surface area contributed by atoms with Crippen LogP contribution in [0.15, 0.2) is 30.3 Å². The van der Waals surface area contributed by atoms with Crippen LogP contribution in [0.1, 0.15) is 18.4 Å². The average molecular weight is 463 g/mol. The number of aliphatic carboxylic acids is 1. The summed E-state index contributed by atoms with van der Waals surface area (Å²) < 4.78 is 5.19. The Balaban J connectivity index is 1.83. The highest BCUT2D eigenvalue weighted by molar-refractivity contribution is 5.92. The number of ether oxygens (including phenoxy) is 1. The second kappa shape index (κ2) is 13.1. The van der Waals surface area contributed by atoms with Gasteiger partial charge in [-0.15, -0.1) is 0 Å². The molecule has 0 aromatic heterocycles. The number of carboxylic acid groups (broad SMARTS) is 1. The quantitative estimate of drug-likeness (QED) is 0.168.